The number of rotatable bonds is 6. The Morgan fingerprint density at radius 1 is 1.21 bits per heavy atom. The number of primary amides is 1. The van der Waals surface area contributed by atoms with Gasteiger partial charge >= 0.3 is 0 Å². The Hall–Kier alpha value is -2.40. The largest absolute Gasteiger partial charge is 0.370 e. The van der Waals surface area contributed by atoms with Gasteiger partial charge in [0.05, 0.1) is 0 Å². The summed E-state index contributed by atoms with van der Waals surface area (Å²) < 4.78 is 3.34. The van der Waals surface area contributed by atoms with E-state index in [1.54, 1.807) is 0 Å². The predicted molar refractivity (Wildman–Crippen MR) is 115 cm³/mol. The van der Waals surface area contributed by atoms with Crippen molar-refractivity contribution in [2.75, 3.05) is 0 Å². The van der Waals surface area contributed by atoms with Crippen molar-refractivity contribution >= 4 is 21.8 Å². The second kappa shape index (κ2) is 6.89. The van der Waals surface area contributed by atoms with E-state index in [0.29, 0.717) is 12.8 Å². The fourth-order valence-corrected chi connectivity index (χ4v) is 5.12. The molecule has 0 fully saturated rings. The fraction of sp³-hybridized carbons (Fsp3) is 0.304. The smallest absolute Gasteiger partial charge is 0.217 e. The van der Waals surface area contributed by atoms with E-state index >= 15 is 0 Å². The fourth-order valence-electron chi connectivity index (χ4n) is 4.86. The van der Waals surface area contributed by atoms with Crippen LogP contribution in [0.1, 0.15) is 44.2 Å². The number of aromatic nitrogens is 2. The molecule has 144 valence electrons. The summed E-state index contributed by atoms with van der Waals surface area (Å²) in [7, 11) is 0. The SMILES string of the molecule is CCC(C)(CCC(N)=O)C1(c2ccc(Br)cc2)c2ccccc2-c2nccn21. The maximum atomic E-state index is 11.7. The highest BCUT2D eigenvalue weighted by Gasteiger charge is 2.55. The van der Waals surface area contributed by atoms with Gasteiger partial charge in [0.15, 0.2) is 0 Å². The van der Waals surface area contributed by atoms with Gasteiger partial charge in [-0.15, -0.1) is 0 Å². The van der Waals surface area contributed by atoms with E-state index < -0.39 is 5.54 Å². The lowest BCUT2D eigenvalue weighted by Crippen LogP contribution is -2.48. The van der Waals surface area contributed by atoms with Gasteiger partial charge in [-0.05, 0) is 41.5 Å². The molecule has 0 saturated carbocycles. The standard InChI is InChI=1S/C23H24BrN3O/c1-3-22(2,13-12-20(25)28)23(16-8-10-17(24)11-9-16)19-7-5-4-6-18(19)21-26-14-15-27(21)23/h4-11,14-15H,3,12-13H2,1-2H3,(H2,25,28). The number of hydrogen-bond donors (Lipinski definition) is 1. The number of hydrogen-bond acceptors (Lipinski definition) is 2. The maximum Gasteiger partial charge on any atom is 0.217 e. The van der Waals surface area contributed by atoms with Crippen molar-refractivity contribution in [3.63, 3.8) is 0 Å². The third kappa shape index (κ3) is 2.56. The van der Waals surface area contributed by atoms with Crippen LogP contribution in [0.3, 0.4) is 0 Å². The molecule has 0 aliphatic carbocycles. The molecule has 5 heteroatoms. The Balaban J connectivity index is 2.07. The van der Waals surface area contributed by atoms with E-state index in [9.17, 15) is 4.79 Å². The van der Waals surface area contributed by atoms with Gasteiger partial charge in [-0.1, -0.05) is 66.2 Å². The van der Waals surface area contributed by atoms with Crippen LogP contribution in [-0.2, 0) is 10.3 Å². The van der Waals surface area contributed by atoms with Crippen LogP contribution in [0.25, 0.3) is 11.4 Å². The molecule has 4 nitrogen and oxygen atoms in total. The lowest BCUT2D eigenvalue weighted by molar-refractivity contribution is -0.118. The number of nitrogens with two attached hydrogens (primary N) is 1. The molecule has 3 aromatic rings. The molecule has 4 rings (SSSR count). The van der Waals surface area contributed by atoms with Gasteiger partial charge in [-0.2, -0.15) is 0 Å². The number of carbonyl (C=O) groups is 1. The molecule has 0 spiro atoms. The third-order valence-corrected chi connectivity index (χ3v) is 6.93. The third-order valence-electron chi connectivity index (χ3n) is 6.40. The van der Waals surface area contributed by atoms with Gasteiger partial charge < -0.3 is 10.3 Å². The van der Waals surface area contributed by atoms with E-state index in [2.05, 4.69) is 94.1 Å². The van der Waals surface area contributed by atoms with Crippen LogP contribution in [0.5, 0.6) is 0 Å². The van der Waals surface area contributed by atoms with E-state index in [0.717, 1.165) is 22.3 Å². The molecule has 2 atom stereocenters. The number of benzene rings is 2. The van der Waals surface area contributed by atoms with Crippen molar-refractivity contribution in [2.45, 2.75) is 38.6 Å². The molecule has 0 saturated heterocycles. The van der Waals surface area contributed by atoms with Gasteiger partial charge in [0.2, 0.25) is 5.91 Å². The van der Waals surface area contributed by atoms with Gasteiger partial charge in [0.25, 0.3) is 0 Å². The maximum absolute atomic E-state index is 11.7. The highest BCUT2D eigenvalue weighted by molar-refractivity contribution is 9.10. The number of imidazole rings is 1. The zero-order valence-corrected chi connectivity index (χ0v) is 17.7. The molecule has 1 aliphatic heterocycles. The minimum absolute atomic E-state index is 0.238. The van der Waals surface area contributed by atoms with Crippen molar-refractivity contribution in [2.24, 2.45) is 11.1 Å². The van der Waals surface area contributed by atoms with Crippen LogP contribution >= 0.6 is 15.9 Å². The summed E-state index contributed by atoms with van der Waals surface area (Å²) in [5.41, 5.74) is 8.43. The zero-order chi connectivity index (χ0) is 19.9. The summed E-state index contributed by atoms with van der Waals surface area (Å²) in [5.74, 6) is 0.708. The molecule has 0 radical (unpaired) electrons. The van der Waals surface area contributed by atoms with Crippen LogP contribution in [0, 0.1) is 5.41 Å². The molecule has 1 aromatic heterocycles. The Bertz CT molecular complexity index is 1030. The molecule has 2 aromatic carbocycles. The molecule has 2 N–H and O–H groups in total. The van der Waals surface area contributed by atoms with Crippen molar-refractivity contribution < 1.29 is 4.79 Å². The lowest BCUT2D eigenvalue weighted by atomic mass is 9.60. The van der Waals surface area contributed by atoms with Crippen LogP contribution in [0.15, 0.2) is 65.4 Å². The molecular formula is C23H24BrN3O. The van der Waals surface area contributed by atoms with Crippen LogP contribution in [-0.4, -0.2) is 15.5 Å². The second-order valence-electron chi connectivity index (χ2n) is 7.76. The van der Waals surface area contributed by atoms with Crippen molar-refractivity contribution in [1.82, 2.24) is 9.55 Å². The number of fused-ring (bicyclic) bond motifs is 3. The van der Waals surface area contributed by atoms with Crippen LogP contribution in [0.4, 0.5) is 0 Å². The monoisotopic (exact) mass is 437 g/mol. The topological polar surface area (TPSA) is 60.9 Å². The molecule has 28 heavy (non-hydrogen) atoms. The number of nitrogens with zero attached hydrogens (tertiary/aromatic N) is 2. The van der Waals surface area contributed by atoms with Crippen LogP contribution < -0.4 is 5.73 Å². The Labute approximate surface area is 173 Å². The summed E-state index contributed by atoms with van der Waals surface area (Å²) in [6, 6.07) is 17.0. The quantitative estimate of drug-likeness (QED) is 0.582. The first-order valence-corrected chi connectivity index (χ1v) is 10.4. The summed E-state index contributed by atoms with van der Waals surface area (Å²) in [6.45, 7) is 4.46. The van der Waals surface area contributed by atoms with Crippen molar-refractivity contribution in [1.29, 1.82) is 0 Å². The van der Waals surface area contributed by atoms with E-state index in [1.165, 1.54) is 11.1 Å². The molecule has 1 amide bonds. The minimum Gasteiger partial charge on any atom is -0.370 e. The second-order valence-corrected chi connectivity index (χ2v) is 8.68. The highest BCUT2D eigenvalue weighted by Crippen LogP contribution is 2.58. The predicted octanol–water partition coefficient (Wildman–Crippen LogP) is 5.10. The first-order valence-electron chi connectivity index (χ1n) is 9.62. The minimum atomic E-state index is -0.458. The molecule has 0 bridgehead atoms. The number of amides is 1. The first kappa shape index (κ1) is 18.9. The summed E-state index contributed by atoms with van der Waals surface area (Å²) in [4.78, 5) is 16.4. The average Bonchev–Trinajstić information content (AvgIpc) is 3.27. The Kier molecular flexibility index (Phi) is 4.66. The Morgan fingerprint density at radius 3 is 2.61 bits per heavy atom. The molecule has 2 heterocycles. The summed E-state index contributed by atoms with van der Waals surface area (Å²) in [6.07, 6.45) is 5.87. The number of carbonyl (C=O) groups excluding carboxylic acids is 1. The zero-order valence-electron chi connectivity index (χ0n) is 16.2. The molecule has 1 aliphatic rings. The van der Waals surface area contributed by atoms with Crippen LogP contribution in [0.2, 0.25) is 0 Å². The van der Waals surface area contributed by atoms with Gasteiger partial charge in [0, 0.05) is 28.9 Å². The lowest BCUT2D eigenvalue weighted by Gasteiger charge is -2.49. The first-order chi connectivity index (χ1) is 13.4. The van der Waals surface area contributed by atoms with Gasteiger partial charge in [0.1, 0.15) is 11.4 Å². The summed E-state index contributed by atoms with van der Waals surface area (Å²) >= 11 is 3.56. The highest BCUT2D eigenvalue weighted by atomic mass is 79.9. The van der Waals surface area contributed by atoms with E-state index in [-0.39, 0.29) is 11.3 Å². The molecule has 2 unspecified atom stereocenters. The van der Waals surface area contributed by atoms with Gasteiger partial charge in [-0.3, -0.25) is 4.79 Å². The normalized spacial score (nSPS) is 19.7. The van der Waals surface area contributed by atoms with Crippen molar-refractivity contribution in [3.8, 4) is 11.4 Å². The van der Waals surface area contributed by atoms with Crippen molar-refractivity contribution in [3.05, 3.63) is 76.5 Å². The van der Waals surface area contributed by atoms with E-state index in [1.807, 2.05) is 6.20 Å². The van der Waals surface area contributed by atoms with Gasteiger partial charge in [-0.25, -0.2) is 4.98 Å². The molecular weight excluding hydrogens is 414 g/mol. The summed E-state index contributed by atoms with van der Waals surface area (Å²) in [5, 5.41) is 0. The Morgan fingerprint density at radius 2 is 1.93 bits per heavy atom. The number of halogens is 1. The average molecular weight is 438 g/mol. The van der Waals surface area contributed by atoms with E-state index in [4.69, 9.17) is 5.73 Å².